The van der Waals surface area contributed by atoms with Gasteiger partial charge in [-0.05, 0) is 49.2 Å². The van der Waals surface area contributed by atoms with Gasteiger partial charge in [-0.15, -0.1) is 0 Å². The van der Waals surface area contributed by atoms with Gasteiger partial charge in [0.2, 0.25) is 0 Å². The van der Waals surface area contributed by atoms with Crippen LogP contribution in [0.4, 0.5) is 0 Å². The van der Waals surface area contributed by atoms with Crippen LogP contribution in [-0.2, 0) is 4.79 Å². The van der Waals surface area contributed by atoms with Gasteiger partial charge in [-0.3, -0.25) is 0 Å². The van der Waals surface area contributed by atoms with Gasteiger partial charge in [0.05, 0.1) is 13.2 Å². The molecule has 2 rings (SSSR count). The fraction of sp³-hybridized carbons (Fsp3) is 0.238. The van der Waals surface area contributed by atoms with E-state index in [0.29, 0.717) is 24.5 Å². The lowest BCUT2D eigenvalue weighted by molar-refractivity contribution is -0.129. The predicted molar refractivity (Wildman–Crippen MR) is 99.1 cm³/mol. The van der Waals surface area contributed by atoms with Gasteiger partial charge < -0.3 is 14.2 Å². The van der Waals surface area contributed by atoms with Gasteiger partial charge in [-0.2, -0.15) is 5.26 Å². The van der Waals surface area contributed by atoms with Gasteiger partial charge in [0, 0.05) is 0 Å². The molecule has 26 heavy (non-hydrogen) atoms. The normalized spacial score (nSPS) is 10.7. The Kier molecular flexibility index (Phi) is 7.26. The molecular formula is C21H21NO4. The summed E-state index contributed by atoms with van der Waals surface area (Å²) in [5.41, 5.74) is 0.610. The van der Waals surface area contributed by atoms with Crippen molar-refractivity contribution in [2.75, 3.05) is 13.2 Å². The van der Waals surface area contributed by atoms with Gasteiger partial charge in [0.25, 0.3) is 0 Å². The lowest BCUT2D eigenvalue weighted by atomic mass is 10.1. The third-order valence-electron chi connectivity index (χ3n) is 3.36. The van der Waals surface area contributed by atoms with Crippen molar-refractivity contribution in [3.8, 4) is 23.3 Å². The number of carbonyl (C=O) groups excluding carboxylic acids is 1. The standard InChI is InChI=1S/C21H21NO4/c1-3-13-25-18-11-9-16(10-12-18)14-17(15-22)21(23)26-20-8-6-5-7-19(20)24-4-2/h5-12,14H,3-4,13H2,1-2H3/b17-14+. The zero-order chi connectivity index (χ0) is 18.8. The number of rotatable bonds is 8. The molecule has 0 saturated heterocycles. The van der Waals surface area contributed by atoms with Crippen molar-refractivity contribution in [3.63, 3.8) is 0 Å². The molecule has 0 aliphatic rings. The largest absolute Gasteiger partial charge is 0.494 e. The van der Waals surface area contributed by atoms with E-state index < -0.39 is 5.97 Å². The summed E-state index contributed by atoms with van der Waals surface area (Å²) in [7, 11) is 0. The second kappa shape index (κ2) is 9.90. The molecule has 0 aliphatic heterocycles. The first-order chi connectivity index (χ1) is 12.7. The van der Waals surface area contributed by atoms with Crippen LogP contribution in [0.5, 0.6) is 17.2 Å². The van der Waals surface area contributed by atoms with Gasteiger partial charge in [-0.1, -0.05) is 31.2 Å². The molecule has 5 nitrogen and oxygen atoms in total. The average molecular weight is 351 g/mol. The number of nitrogens with zero attached hydrogens (tertiary/aromatic N) is 1. The number of para-hydroxylation sites is 2. The summed E-state index contributed by atoms with van der Waals surface area (Å²) in [6.07, 6.45) is 2.41. The third kappa shape index (κ3) is 5.38. The van der Waals surface area contributed by atoms with E-state index in [1.165, 1.54) is 6.08 Å². The lowest BCUT2D eigenvalue weighted by Gasteiger charge is -2.09. The van der Waals surface area contributed by atoms with Gasteiger partial charge >= 0.3 is 5.97 Å². The van der Waals surface area contributed by atoms with E-state index in [1.807, 2.05) is 19.9 Å². The first kappa shape index (κ1) is 19.1. The number of benzene rings is 2. The number of esters is 1. The van der Waals surface area contributed by atoms with E-state index >= 15 is 0 Å². The second-order valence-electron chi connectivity index (χ2n) is 5.36. The molecule has 0 fully saturated rings. The molecule has 0 bridgehead atoms. The van der Waals surface area contributed by atoms with E-state index in [4.69, 9.17) is 14.2 Å². The summed E-state index contributed by atoms with van der Waals surface area (Å²) in [5.74, 6) is 0.753. The summed E-state index contributed by atoms with van der Waals surface area (Å²) < 4.78 is 16.3. The lowest BCUT2D eigenvalue weighted by Crippen LogP contribution is -2.11. The van der Waals surface area contributed by atoms with Crippen molar-refractivity contribution in [2.45, 2.75) is 20.3 Å². The highest BCUT2D eigenvalue weighted by Crippen LogP contribution is 2.27. The molecule has 0 aliphatic carbocycles. The van der Waals surface area contributed by atoms with E-state index in [-0.39, 0.29) is 11.3 Å². The summed E-state index contributed by atoms with van der Waals surface area (Å²) in [6.45, 7) is 4.96. The molecule has 0 amide bonds. The minimum absolute atomic E-state index is 0.0986. The molecular weight excluding hydrogens is 330 g/mol. The minimum Gasteiger partial charge on any atom is -0.494 e. The Balaban J connectivity index is 2.13. The maximum absolute atomic E-state index is 12.3. The zero-order valence-corrected chi connectivity index (χ0v) is 14.9. The summed E-state index contributed by atoms with van der Waals surface area (Å²) in [6, 6.07) is 15.9. The van der Waals surface area contributed by atoms with Crippen LogP contribution in [0.2, 0.25) is 0 Å². The Morgan fingerprint density at radius 1 is 1.04 bits per heavy atom. The van der Waals surface area contributed by atoms with Crippen molar-refractivity contribution in [3.05, 3.63) is 59.7 Å². The fourth-order valence-electron chi connectivity index (χ4n) is 2.15. The molecule has 0 spiro atoms. The predicted octanol–water partition coefficient (Wildman–Crippen LogP) is 4.39. The fourth-order valence-corrected chi connectivity index (χ4v) is 2.15. The van der Waals surface area contributed by atoms with E-state index in [2.05, 4.69) is 0 Å². The van der Waals surface area contributed by atoms with Crippen molar-refractivity contribution in [1.82, 2.24) is 0 Å². The molecule has 0 atom stereocenters. The monoisotopic (exact) mass is 351 g/mol. The molecule has 134 valence electrons. The first-order valence-corrected chi connectivity index (χ1v) is 8.46. The molecule has 0 N–H and O–H groups in total. The van der Waals surface area contributed by atoms with Crippen LogP contribution < -0.4 is 14.2 Å². The highest BCUT2D eigenvalue weighted by atomic mass is 16.6. The Morgan fingerprint density at radius 3 is 2.35 bits per heavy atom. The molecule has 0 saturated carbocycles. The van der Waals surface area contributed by atoms with Gasteiger partial charge in [0.15, 0.2) is 11.5 Å². The number of hydrogen-bond acceptors (Lipinski definition) is 5. The van der Waals surface area contributed by atoms with Gasteiger partial charge in [-0.25, -0.2) is 4.79 Å². The zero-order valence-electron chi connectivity index (χ0n) is 14.9. The maximum Gasteiger partial charge on any atom is 0.354 e. The highest BCUT2D eigenvalue weighted by Gasteiger charge is 2.15. The topological polar surface area (TPSA) is 68.5 Å². The van der Waals surface area contributed by atoms with Crippen molar-refractivity contribution >= 4 is 12.0 Å². The van der Waals surface area contributed by atoms with E-state index in [0.717, 1.165) is 12.2 Å². The quantitative estimate of drug-likeness (QED) is 0.305. The summed E-state index contributed by atoms with van der Waals surface area (Å²) >= 11 is 0. The Bertz CT molecular complexity index is 804. The Hall–Kier alpha value is -3.26. The van der Waals surface area contributed by atoms with Crippen LogP contribution >= 0.6 is 0 Å². The van der Waals surface area contributed by atoms with Crippen LogP contribution in [0.1, 0.15) is 25.8 Å². The minimum atomic E-state index is -0.731. The molecule has 2 aromatic rings. The Morgan fingerprint density at radius 2 is 1.73 bits per heavy atom. The number of carbonyl (C=O) groups is 1. The van der Waals surface area contributed by atoms with Gasteiger partial charge in [0.1, 0.15) is 17.4 Å². The number of hydrogen-bond donors (Lipinski definition) is 0. The summed E-state index contributed by atoms with van der Waals surface area (Å²) in [4.78, 5) is 12.3. The smallest absolute Gasteiger partial charge is 0.354 e. The van der Waals surface area contributed by atoms with E-state index in [9.17, 15) is 10.1 Å². The maximum atomic E-state index is 12.3. The molecule has 0 aromatic heterocycles. The highest BCUT2D eigenvalue weighted by molar-refractivity contribution is 5.99. The van der Waals surface area contributed by atoms with Crippen molar-refractivity contribution in [1.29, 1.82) is 5.26 Å². The average Bonchev–Trinajstić information content (AvgIpc) is 2.67. The van der Waals surface area contributed by atoms with Crippen LogP contribution in [0.25, 0.3) is 6.08 Å². The molecule has 5 heteroatoms. The molecule has 0 heterocycles. The van der Waals surface area contributed by atoms with Crippen LogP contribution in [-0.4, -0.2) is 19.2 Å². The summed E-state index contributed by atoms with van der Waals surface area (Å²) in [5, 5.41) is 9.30. The molecule has 2 aromatic carbocycles. The first-order valence-electron chi connectivity index (χ1n) is 8.46. The number of ether oxygens (including phenoxy) is 3. The van der Waals surface area contributed by atoms with E-state index in [1.54, 1.807) is 48.5 Å². The van der Waals surface area contributed by atoms with Crippen LogP contribution in [0.3, 0.4) is 0 Å². The number of nitriles is 1. The van der Waals surface area contributed by atoms with Crippen molar-refractivity contribution in [2.24, 2.45) is 0 Å². The van der Waals surface area contributed by atoms with Crippen LogP contribution in [0, 0.1) is 11.3 Å². The van der Waals surface area contributed by atoms with Crippen molar-refractivity contribution < 1.29 is 19.0 Å². The SMILES string of the molecule is CCCOc1ccc(/C=C(\C#N)C(=O)Oc2ccccc2OCC)cc1. The van der Waals surface area contributed by atoms with Crippen LogP contribution in [0.15, 0.2) is 54.1 Å². The molecule has 0 unspecified atom stereocenters. The Labute approximate surface area is 153 Å². The third-order valence-corrected chi connectivity index (χ3v) is 3.36. The second-order valence-corrected chi connectivity index (χ2v) is 5.36. The molecule has 0 radical (unpaired) electrons.